The van der Waals surface area contributed by atoms with E-state index in [4.69, 9.17) is 4.74 Å². The number of esters is 1. The number of rotatable bonds is 1. The summed E-state index contributed by atoms with van der Waals surface area (Å²) < 4.78 is 6.47. The van der Waals surface area contributed by atoms with E-state index >= 15 is 0 Å². The molecule has 1 aromatic heterocycles. The van der Waals surface area contributed by atoms with Gasteiger partial charge in [0.05, 0.1) is 7.11 Å². The first-order valence-corrected chi connectivity index (χ1v) is 5.70. The molecule has 0 saturated heterocycles. The summed E-state index contributed by atoms with van der Waals surface area (Å²) in [7, 11) is 1.32. The van der Waals surface area contributed by atoms with E-state index in [9.17, 15) is 9.59 Å². The first kappa shape index (κ1) is 11.3. The summed E-state index contributed by atoms with van der Waals surface area (Å²) in [5.74, 6) is 0.334. The molecular weight excluding hydrogens is 276 g/mol. The summed E-state index contributed by atoms with van der Waals surface area (Å²) in [4.78, 5) is 27.6. The predicted octanol–water partition coefficient (Wildman–Crippen LogP) is 1.23. The van der Waals surface area contributed by atoms with Gasteiger partial charge in [-0.25, -0.2) is 9.78 Å². The molecule has 16 heavy (non-hydrogen) atoms. The van der Waals surface area contributed by atoms with Crippen LogP contribution in [0.2, 0.25) is 0 Å². The molecule has 0 radical (unpaired) electrons. The van der Waals surface area contributed by atoms with Crippen molar-refractivity contribution in [3.8, 4) is 0 Å². The zero-order valence-electron chi connectivity index (χ0n) is 8.94. The highest BCUT2D eigenvalue weighted by molar-refractivity contribution is 9.10. The van der Waals surface area contributed by atoms with Crippen LogP contribution in [0.25, 0.3) is 0 Å². The van der Waals surface area contributed by atoms with Gasteiger partial charge in [0.1, 0.15) is 16.3 Å². The van der Waals surface area contributed by atoms with Crippen LogP contribution in [-0.2, 0) is 9.53 Å². The number of hydrogen-bond acceptors (Lipinski definition) is 4. The van der Waals surface area contributed by atoms with Crippen LogP contribution in [0, 0.1) is 0 Å². The molecule has 1 aromatic rings. The average molecular weight is 287 g/mol. The van der Waals surface area contributed by atoms with Gasteiger partial charge in [0.15, 0.2) is 0 Å². The summed E-state index contributed by atoms with van der Waals surface area (Å²) in [6.45, 7) is 1.94. The average Bonchev–Trinajstić information content (AvgIpc) is 2.61. The Morgan fingerprint density at radius 2 is 2.38 bits per heavy atom. The number of carbonyl (C=O) groups excluding carboxylic acids is 1. The standard InChI is InChI=1S/C10H11BrN2O3/c1-5-3-7(10(15)16-2)13-8(5)12-4-6(11)9(13)14/h4-5,7H,3H2,1-2H3/t5-,7+/m1/s1. The molecule has 0 aromatic carbocycles. The van der Waals surface area contributed by atoms with Gasteiger partial charge < -0.3 is 4.74 Å². The fraction of sp³-hybridized carbons (Fsp3) is 0.500. The van der Waals surface area contributed by atoms with Crippen LogP contribution in [-0.4, -0.2) is 22.6 Å². The zero-order chi connectivity index (χ0) is 11.9. The van der Waals surface area contributed by atoms with Gasteiger partial charge in [0.25, 0.3) is 5.56 Å². The van der Waals surface area contributed by atoms with Crippen molar-refractivity contribution in [3.05, 3.63) is 26.8 Å². The predicted molar refractivity (Wildman–Crippen MR) is 60.3 cm³/mol. The normalized spacial score (nSPS) is 22.9. The molecule has 0 fully saturated rings. The van der Waals surface area contributed by atoms with E-state index in [2.05, 4.69) is 20.9 Å². The van der Waals surface area contributed by atoms with Crippen molar-refractivity contribution in [2.75, 3.05) is 7.11 Å². The van der Waals surface area contributed by atoms with Gasteiger partial charge in [-0.2, -0.15) is 0 Å². The zero-order valence-corrected chi connectivity index (χ0v) is 10.5. The van der Waals surface area contributed by atoms with Crippen LogP contribution < -0.4 is 5.56 Å². The third-order valence-electron chi connectivity index (χ3n) is 2.78. The Morgan fingerprint density at radius 3 is 3.00 bits per heavy atom. The first-order valence-electron chi connectivity index (χ1n) is 4.91. The fourth-order valence-corrected chi connectivity index (χ4v) is 2.30. The third-order valence-corrected chi connectivity index (χ3v) is 3.33. The second kappa shape index (κ2) is 4.01. The van der Waals surface area contributed by atoms with Crippen molar-refractivity contribution >= 4 is 21.9 Å². The Hall–Kier alpha value is -1.17. The van der Waals surface area contributed by atoms with Gasteiger partial charge in [-0.3, -0.25) is 9.36 Å². The molecule has 1 aliphatic rings. The summed E-state index contributed by atoms with van der Waals surface area (Å²) in [5, 5.41) is 0. The monoisotopic (exact) mass is 286 g/mol. The number of fused-ring (bicyclic) bond motifs is 1. The van der Waals surface area contributed by atoms with Gasteiger partial charge in [-0.15, -0.1) is 0 Å². The lowest BCUT2D eigenvalue weighted by Crippen LogP contribution is -2.29. The number of halogens is 1. The molecule has 0 N–H and O–H groups in total. The van der Waals surface area contributed by atoms with Gasteiger partial charge >= 0.3 is 5.97 Å². The molecule has 0 bridgehead atoms. The van der Waals surface area contributed by atoms with Crippen molar-refractivity contribution in [1.82, 2.24) is 9.55 Å². The van der Waals surface area contributed by atoms with Crippen molar-refractivity contribution in [2.45, 2.75) is 25.3 Å². The Kier molecular flexibility index (Phi) is 2.84. The van der Waals surface area contributed by atoms with Crippen molar-refractivity contribution in [1.29, 1.82) is 0 Å². The SMILES string of the molecule is COC(=O)[C@@H]1C[C@@H](C)c2ncc(Br)c(=O)n21. The third kappa shape index (κ3) is 1.57. The lowest BCUT2D eigenvalue weighted by molar-refractivity contribution is -0.144. The number of ether oxygens (including phenoxy) is 1. The van der Waals surface area contributed by atoms with E-state index in [1.54, 1.807) is 0 Å². The number of carbonyl (C=O) groups is 1. The van der Waals surface area contributed by atoms with Gasteiger partial charge in [-0.05, 0) is 22.4 Å². The maximum absolute atomic E-state index is 11.9. The smallest absolute Gasteiger partial charge is 0.329 e. The first-order chi connectivity index (χ1) is 7.56. The highest BCUT2D eigenvalue weighted by atomic mass is 79.9. The highest BCUT2D eigenvalue weighted by Gasteiger charge is 2.36. The van der Waals surface area contributed by atoms with Crippen molar-refractivity contribution in [2.24, 2.45) is 0 Å². The maximum atomic E-state index is 11.9. The molecule has 2 heterocycles. The summed E-state index contributed by atoms with van der Waals surface area (Å²) >= 11 is 3.12. The van der Waals surface area contributed by atoms with E-state index in [1.165, 1.54) is 17.9 Å². The summed E-state index contributed by atoms with van der Waals surface area (Å²) in [6.07, 6.45) is 2.04. The minimum Gasteiger partial charge on any atom is -0.467 e. The number of aromatic nitrogens is 2. The molecule has 1 aliphatic heterocycles. The topological polar surface area (TPSA) is 61.2 Å². The molecule has 5 nitrogen and oxygen atoms in total. The van der Waals surface area contributed by atoms with E-state index in [1.807, 2.05) is 6.92 Å². The van der Waals surface area contributed by atoms with E-state index < -0.39 is 12.0 Å². The van der Waals surface area contributed by atoms with Gasteiger partial charge in [0, 0.05) is 12.1 Å². The van der Waals surface area contributed by atoms with Crippen LogP contribution in [0.15, 0.2) is 15.5 Å². The second-order valence-corrected chi connectivity index (χ2v) is 4.67. The number of hydrogen-bond donors (Lipinski definition) is 0. The molecule has 0 aliphatic carbocycles. The Balaban J connectivity index is 2.59. The number of methoxy groups -OCH3 is 1. The van der Waals surface area contributed by atoms with Crippen LogP contribution in [0.1, 0.15) is 31.1 Å². The maximum Gasteiger partial charge on any atom is 0.329 e. The number of nitrogens with zero attached hydrogens (tertiary/aromatic N) is 2. The molecular formula is C10H11BrN2O3. The minimum atomic E-state index is -0.549. The molecule has 2 rings (SSSR count). The molecule has 6 heteroatoms. The minimum absolute atomic E-state index is 0.0879. The summed E-state index contributed by atoms with van der Waals surface area (Å²) in [6, 6.07) is -0.549. The lowest BCUT2D eigenvalue weighted by Gasteiger charge is -2.11. The Morgan fingerprint density at radius 1 is 1.69 bits per heavy atom. The fourth-order valence-electron chi connectivity index (χ4n) is 2.01. The summed E-state index contributed by atoms with van der Waals surface area (Å²) in [5.41, 5.74) is -0.232. The van der Waals surface area contributed by atoms with Crippen molar-refractivity contribution < 1.29 is 9.53 Å². The van der Waals surface area contributed by atoms with E-state index in [-0.39, 0.29) is 11.5 Å². The molecule has 0 amide bonds. The lowest BCUT2D eigenvalue weighted by atomic mass is 10.1. The van der Waals surface area contributed by atoms with E-state index in [0.29, 0.717) is 16.7 Å². The second-order valence-electron chi connectivity index (χ2n) is 3.82. The molecule has 0 unspecified atom stereocenters. The Labute approximate surface area is 101 Å². The molecule has 2 atom stereocenters. The van der Waals surface area contributed by atoms with Crippen LogP contribution in [0.3, 0.4) is 0 Å². The molecule has 0 saturated carbocycles. The largest absolute Gasteiger partial charge is 0.467 e. The quantitative estimate of drug-likeness (QED) is 0.729. The van der Waals surface area contributed by atoms with Crippen LogP contribution >= 0.6 is 15.9 Å². The highest BCUT2D eigenvalue weighted by Crippen LogP contribution is 2.33. The van der Waals surface area contributed by atoms with Crippen LogP contribution in [0.5, 0.6) is 0 Å². The van der Waals surface area contributed by atoms with Crippen molar-refractivity contribution in [3.63, 3.8) is 0 Å². The van der Waals surface area contributed by atoms with Gasteiger partial charge in [0.2, 0.25) is 0 Å². The molecule has 0 spiro atoms. The van der Waals surface area contributed by atoms with Gasteiger partial charge in [-0.1, -0.05) is 6.92 Å². The Bertz CT molecular complexity index is 497. The van der Waals surface area contributed by atoms with Crippen LogP contribution in [0.4, 0.5) is 0 Å². The molecule has 86 valence electrons. The van der Waals surface area contributed by atoms with E-state index in [0.717, 1.165) is 0 Å².